The second-order valence-corrected chi connectivity index (χ2v) is 4.78. The predicted molar refractivity (Wildman–Crippen MR) is 64.6 cm³/mol. The van der Waals surface area contributed by atoms with Gasteiger partial charge in [-0.1, -0.05) is 36.2 Å². The summed E-state index contributed by atoms with van der Waals surface area (Å²) in [7, 11) is -4.59. The Balaban J connectivity index is 0.00000162. The van der Waals surface area contributed by atoms with E-state index >= 15 is 0 Å². The molecule has 0 aromatic heterocycles. The van der Waals surface area contributed by atoms with Crippen LogP contribution in [0.4, 0.5) is 5.69 Å². The Morgan fingerprint density at radius 2 is 1.83 bits per heavy atom. The average Bonchev–Trinajstić information content (AvgIpc) is 2.23. The number of phosphoric acid groups is 1. The number of nitrogens with two attached hydrogens (primary N) is 1. The number of aryl methyl sites for hydroxylation is 1. The summed E-state index contributed by atoms with van der Waals surface area (Å²) in [4.78, 5) is 17.7. The van der Waals surface area contributed by atoms with Gasteiger partial charge in [-0.05, 0) is 0 Å². The molecule has 4 N–H and O–H groups in total. The van der Waals surface area contributed by atoms with Crippen molar-refractivity contribution in [3.8, 4) is 5.75 Å². The summed E-state index contributed by atoms with van der Waals surface area (Å²) in [5.41, 5.74) is 6.67. The van der Waals surface area contributed by atoms with Gasteiger partial charge in [0.05, 0.1) is 0 Å². The molecule has 0 saturated heterocycles. The Hall–Kier alpha value is -0.446. The second-order valence-electron chi connectivity index (χ2n) is 3.62. The van der Waals surface area contributed by atoms with E-state index in [4.69, 9.17) is 15.5 Å². The monoisotopic (exact) mass is 341 g/mol. The summed E-state index contributed by atoms with van der Waals surface area (Å²) in [5, 5.41) is 1.21. The molecule has 93 valence electrons. The molecule has 0 aliphatic heterocycles. The van der Waals surface area contributed by atoms with Crippen molar-refractivity contribution in [1.82, 2.24) is 0 Å². The van der Waals surface area contributed by atoms with Crippen LogP contribution in [-0.2, 0) is 37.3 Å². The van der Waals surface area contributed by atoms with Crippen LogP contribution in [0.2, 0.25) is 0 Å². The van der Waals surface area contributed by atoms with Crippen LogP contribution in [0.15, 0.2) is 24.3 Å². The Bertz CT molecular complexity index is 626. The van der Waals surface area contributed by atoms with Crippen LogP contribution >= 0.6 is 7.82 Å². The zero-order valence-electron chi connectivity index (χ0n) is 9.62. The third-order valence-corrected chi connectivity index (χ3v) is 2.76. The number of phosphoric ester groups is 1. The van der Waals surface area contributed by atoms with Gasteiger partial charge in [0.15, 0.2) is 0 Å². The first-order valence-corrected chi connectivity index (χ1v) is 6.37. The SMILES string of the molecule is Cc1[c-]c(N)c2ccccc2c1OP(=O)(O)O.[Y]. The topological polar surface area (TPSA) is 92.8 Å². The minimum absolute atomic E-state index is 0. The molecule has 2 aromatic carbocycles. The Morgan fingerprint density at radius 3 is 2.39 bits per heavy atom. The molecule has 2 rings (SSSR count). The van der Waals surface area contributed by atoms with Gasteiger partial charge >= 0.3 is 7.82 Å². The molecule has 0 saturated carbocycles. The van der Waals surface area contributed by atoms with E-state index < -0.39 is 7.82 Å². The van der Waals surface area contributed by atoms with Gasteiger partial charge in [0.25, 0.3) is 0 Å². The van der Waals surface area contributed by atoms with Gasteiger partial charge in [0.2, 0.25) is 0 Å². The molecule has 0 fully saturated rings. The van der Waals surface area contributed by atoms with E-state index in [0.717, 1.165) is 0 Å². The van der Waals surface area contributed by atoms with Crippen molar-refractivity contribution in [2.24, 2.45) is 0 Å². The van der Waals surface area contributed by atoms with E-state index in [2.05, 4.69) is 10.6 Å². The standard InChI is InChI=1S/C11H11NO4P.Y/c1-7-6-10(12)8-4-2-3-5-9(8)11(7)16-17(13,14)15;/h2-5H,12H2,1H3,(H2,13,14,15);/q-1;. The van der Waals surface area contributed by atoms with Gasteiger partial charge in [-0.3, -0.25) is 9.79 Å². The molecule has 0 bridgehead atoms. The van der Waals surface area contributed by atoms with Crippen LogP contribution in [0.5, 0.6) is 5.75 Å². The fraction of sp³-hybridized carbons (Fsp3) is 0.0909. The van der Waals surface area contributed by atoms with Gasteiger partial charge in [-0.25, -0.2) is 4.57 Å². The minimum atomic E-state index is -4.59. The van der Waals surface area contributed by atoms with Crippen molar-refractivity contribution in [1.29, 1.82) is 0 Å². The van der Waals surface area contributed by atoms with Crippen molar-refractivity contribution >= 4 is 24.3 Å². The summed E-state index contributed by atoms with van der Waals surface area (Å²) in [6.07, 6.45) is 0. The van der Waals surface area contributed by atoms with Crippen LogP contribution in [0, 0.1) is 13.0 Å². The van der Waals surface area contributed by atoms with Crippen LogP contribution in [0.25, 0.3) is 10.8 Å². The third-order valence-electron chi connectivity index (χ3n) is 2.33. The maximum Gasteiger partial charge on any atom is 0.512 e. The normalized spacial score (nSPS) is 11.1. The van der Waals surface area contributed by atoms with Gasteiger partial charge in [-0.15, -0.1) is 17.0 Å². The summed E-state index contributed by atoms with van der Waals surface area (Å²) in [5.74, 6) is 0.114. The van der Waals surface area contributed by atoms with Crippen LogP contribution in [0.1, 0.15) is 5.56 Å². The molecule has 1 radical (unpaired) electrons. The van der Waals surface area contributed by atoms with Crippen LogP contribution in [-0.4, -0.2) is 9.79 Å². The fourth-order valence-corrected chi connectivity index (χ4v) is 2.15. The molecule has 2 aromatic rings. The third kappa shape index (κ3) is 3.31. The van der Waals surface area contributed by atoms with E-state index in [-0.39, 0.29) is 38.5 Å². The predicted octanol–water partition coefficient (Wildman–Crippen LogP) is 2.00. The maximum atomic E-state index is 10.9. The number of anilines is 1. The Kier molecular flexibility index (Phi) is 4.93. The largest absolute Gasteiger partial charge is 0.512 e. The number of nitrogen functional groups attached to an aromatic ring is 1. The van der Waals surface area contributed by atoms with Gasteiger partial charge in [0.1, 0.15) is 0 Å². The van der Waals surface area contributed by atoms with Crippen LogP contribution in [0.3, 0.4) is 0 Å². The van der Waals surface area contributed by atoms with E-state index in [9.17, 15) is 4.57 Å². The number of hydrogen-bond donors (Lipinski definition) is 3. The molecule has 7 heteroatoms. The number of benzene rings is 2. The first kappa shape index (κ1) is 15.6. The molecule has 0 heterocycles. The van der Waals surface area contributed by atoms with Crippen molar-refractivity contribution in [2.75, 3.05) is 5.73 Å². The Labute approximate surface area is 129 Å². The van der Waals surface area contributed by atoms with Gasteiger partial charge in [-0.2, -0.15) is 6.07 Å². The molecule has 0 unspecified atom stereocenters. The van der Waals surface area contributed by atoms with E-state index in [0.29, 0.717) is 22.0 Å². The summed E-state index contributed by atoms with van der Waals surface area (Å²) in [6.45, 7) is 1.63. The first-order valence-electron chi connectivity index (χ1n) is 4.84. The average molecular weight is 341 g/mol. The molecule has 0 atom stereocenters. The molecular formula is C11H11NO4PY-. The van der Waals surface area contributed by atoms with Crippen LogP contribution < -0.4 is 10.3 Å². The zero-order chi connectivity index (χ0) is 12.6. The molecule has 18 heavy (non-hydrogen) atoms. The molecule has 0 spiro atoms. The van der Waals surface area contributed by atoms with E-state index in [1.807, 2.05) is 0 Å². The number of fused-ring (bicyclic) bond motifs is 1. The number of rotatable bonds is 2. The first-order chi connectivity index (χ1) is 7.88. The number of hydrogen-bond acceptors (Lipinski definition) is 3. The van der Waals surface area contributed by atoms with Crippen molar-refractivity contribution in [3.05, 3.63) is 35.9 Å². The fourth-order valence-electron chi connectivity index (χ4n) is 1.68. The van der Waals surface area contributed by atoms with E-state index in [1.165, 1.54) is 0 Å². The molecule has 5 nitrogen and oxygen atoms in total. The quantitative estimate of drug-likeness (QED) is 0.441. The summed E-state index contributed by atoms with van der Waals surface area (Å²) in [6, 6.07) is 9.77. The zero-order valence-corrected chi connectivity index (χ0v) is 13.4. The summed E-state index contributed by atoms with van der Waals surface area (Å²) < 4.78 is 15.6. The van der Waals surface area contributed by atoms with Gasteiger partial charge < -0.3 is 10.3 Å². The summed E-state index contributed by atoms with van der Waals surface area (Å²) >= 11 is 0. The molecule has 0 aliphatic carbocycles. The van der Waals surface area contributed by atoms with Crippen molar-refractivity contribution < 1.29 is 51.6 Å². The van der Waals surface area contributed by atoms with E-state index in [1.54, 1.807) is 31.2 Å². The molecule has 0 amide bonds. The van der Waals surface area contributed by atoms with Gasteiger partial charge in [0, 0.05) is 38.5 Å². The minimum Gasteiger partial charge on any atom is -0.467 e. The van der Waals surface area contributed by atoms with Crippen molar-refractivity contribution in [2.45, 2.75) is 6.92 Å². The maximum absolute atomic E-state index is 10.9. The van der Waals surface area contributed by atoms with Crippen molar-refractivity contribution in [3.63, 3.8) is 0 Å². The Morgan fingerprint density at radius 1 is 1.28 bits per heavy atom. The molecule has 0 aliphatic rings. The molecular weight excluding hydrogens is 330 g/mol. The second kappa shape index (κ2) is 5.68. The smallest absolute Gasteiger partial charge is 0.467 e.